The number of carbonyl (C=O) groups is 1. The van der Waals surface area contributed by atoms with Crippen molar-refractivity contribution in [3.63, 3.8) is 0 Å². The maximum Gasteiger partial charge on any atom is 0.240 e. The van der Waals surface area contributed by atoms with E-state index in [4.69, 9.17) is 0 Å². The summed E-state index contributed by atoms with van der Waals surface area (Å²) in [5, 5.41) is 3.52. The molecule has 3 heteroatoms. The molecule has 2 atom stereocenters. The monoisotopic (exact) mass is 238 g/mol. The number of carbonyl (C=O) groups excluding carboxylic acids is 1. The van der Waals surface area contributed by atoms with Crippen LogP contribution in [-0.2, 0) is 4.79 Å². The van der Waals surface area contributed by atoms with Crippen molar-refractivity contribution in [2.75, 3.05) is 0 Å². The third-order valence-electron chi connectivity index (χ3n) is 4.53. The van der Waals surface area contributed by atoms with Crippen LogP contribution in [0.5, 0.6) is 0 Å². The summed E-state index contributed by atoms with van der Waals surface area (Å²) in [5.74, 6) is 1.00. The first-order chi connectivity index (χ1) is 8.19. The summed E-state index contributed by atoms with van der Waals surface area (Å²) in [6.45, 7) is 6.39. The molecule has 1 saturated carbocycles. The minimum Gasteiger partial charge on any atom is -0.323 e. The van der Waals surface area contributed by atoms with Gasteiger partial charge in [-0.25, -0.2) is 0 Å². The van der Waals surface area contributed by atoms with E-state index >= 15 is 0 Å². The number of nitrogens with zero attached hydrogens (tertiary/aromatic N) is 1. The molecule has 0 aromatic heterocycles. The van der Waals surface area contributed by atoms with Gasteiger partial charge in [0.1, 0.15) is 0 Å². The van der Waals surface area contributed by atoms with Crippen LogP contribution >= 0.6 is 0 Å². The minimum absolute atomic E-state index is 0.0150. The molecule has 98 valence electrons. The van der Waals surface area contributed by atoms with Crippen molar-refractivity contribution in [3.8, 4) is 0 Å². The maximum atomic E-state index is 12.3. The van der Waals surface area contributed by atoms with Gasteiger partial charge in [-0.3, -0.25) is 10.1 Å². The molecule has 3 nitrogen and oxygen atoms in total. The standard InChI is InChI=1S/C14H26N2O/c1-4-12(5-2)16-13(11-8-6-7-9-11)15-10(3)14(16)17/h10-13,15H,4-9H2,1-3H3. The molecule has 1 amide bonds. The van der Waals surface area contributed by atoms with Crippen molar-refractivity contribution in [2.45, 2.75) is 77.5 Å². The largest absolute Gasteiger partial charge is 0.323 e. The molecule has 2 unspecified atom stereocenters. The summed E-state index contributed by atoms with van der Waals surface area (Å²) in [6, 6.07) is 0.437. The highest BCUT2D eigenvalue weighted by Crippen LogP contribution is 2.33. The van der Waals surface area contributed by atoms with Gasteiger partial charge in [0.2, 0.25) is 5.91 Å². The lowest BCUT2D eigenvalue weighted by Gasteiger charge is -2.34. The molecule has 1 aliphatic heterocycles. The van der Waals surface area contributed by atoms with Gasteiger partial charge in [-0.1, -0.05) is 26.7 Å². The summed E-state index contributed by atoms with van der Waals surface area (Å²) in [6.07, 6.45) is 7.69. The van der Waals surface area contributed by atoms with Crippen LogP contribution in [0.15, 0.2) is 0 Å². The van der Waals surface area contributed by atoms with Crippen molar-refractivity contribution in [3.05, 3.63) is 0 Å². The molecule has 0 bridgehead atoms. The lowest BCUT2D eigenvalue weighted by Crippen LogP contribution is -2.47. The Kier molecular flexibility index (Phi) is 4.08. The molecular weight excluding hydrogens is 212 g/mol. The van der Waals surface area contributed by atoms with Crippen molar-refractivity contribution >= 4 is 5.91 Å². The molecule has 2 aliphatic rings. The highest BCUT2D eigenvalue weighted by atomic mass is 16.2. The van der Waals surface area contributed by atoms with Gasteiger partial charge in [0.15, 0.2) is 0 Å². The fourth-order valence-corrected chi connectivity index (χ4v) is 3.49. The van der Waals surface area contributed by atoms with Crippen LogP contribution in [0.25, 0.3) is 0 Å². The van der Waals surface area contributed by atoms with E-state index in [0.717, 1.165) is 12.8 Å². The van der Waals surface area contributed by atoms with E-state index in [2.05, 4.69) is 24.1 Å². The van der Waals surface area contributed by atoms with Gasteiger partial charge in [-0.2, -0.15) is 0 Å². The average molecular weight is 238 g/mol. The molecule has 0 aromatic rings. The molecule has 17 heavy (non-hydrogen) atoms. The Morgan fingerprint density at radius 2 is 1.88 bits per heavy atom. The zero-order valence-corrected chi connectivity index (χ0v) is 11.4. The van der Waals surface area contributed by atoms with E-state index in [9.17, 15) is 4.79 Å². The molecule has 0 spiro atoms. The van der Waals surface area contributed by atoms with Crippen LogP contribution in [0.2, 0.25) is 0 Å². The first kappa shape index (κ1) is 12.9. The molecule has 1 heterocycles. The Balaban J connectivity index is 2.14. The summed E-state index contributed by atoms with van der Waals surface area (Å²) in [5.41, 5.74) is 0. The first-order valence-electron chi connectivity index (χ1n) is 7.27. The van der Waals surface area contributed by atoms with Crippen LogP contribution in [0.3, 0.4) is 0 Å². The summed E-state index contributed by atoms with van der Waals surface area (Å²) >= 11 is 0. The molecule has 2 fully saturated rings. The molecular formula is C14H26N2O. The lowest BCUT2D eigenvalue weighted by atomic mass is 10.0. The second-order valence-electron chi connectivity index (χ2n) is 5.59. The number of amides is 1. The fourth-order valence-electron chi connectivity index (χ4n) is 3.49. The van der Waals surface area contributed by atoms with Crippen LogP contribution in [-0.4, -0.2) is 29.1 Å². The van der Waals surface area contributed by atoms with Gasteiger partial charge in [-0.15, -0.1) is 0 Å². The van der Waals surface area contributed by atoms with Gasteiger partial charge in [-0.05, 0) is 38.5 Å². The van der Waals surface area contributed by atoms with Gasteiger partial charge in [0, 0.05) is 6.04 Å². The zero-order valence-electron chi connectivity index (χ0n) is 11.4. The van der Waals surface area contributed by atoms with Crippen LogP contribution in [0, 0.1) is 5.92 Å². The Morgan fingerprint density at radius 3 is 2.41 bits per heavy atom. The average Bonchev–Trinajstić information content (AvgIpc) is 2.93. The van der Waals surface area contributed by atoms with Gasteiger partial charge in [0.05, 0.1) is 12.2 Å². The zero-order chi connectivity index (χ0) is 12.4. The smallest absolute Gasteiger partial charge is 0.240 e. The molecule has 0 radical (unpaired) electrons. The molecule has 0 aromatic carbocycles. The number of hydrogen-bond donors (Lipinski definition) is 1. The van der Waals surface area contributed by atoms with Crippen molar-refractivity contribution in [1.29, 1.82) is 0 Å². The van der Waals surface area contributed by atoms with E-state index < -0.39 is 0 Å². The van der Waals surface area contributed by atoms with E-state index in [1.165, 1.54) is 25.7 Å². The van der Waals surface area contributed by atoms with Gasteiger partial charge >= 0.3 is 0 Å². The topological polar surface area (TPSA) is 32.3 Å². The highest BCUT2D eigenvalue weighted by molar-refractivity contribution is 5.84. The number of nitrogens with one attached hydrogen (secondary N) is 1. The van der Waals surface area contributed by atoms with E-state index in [-0.39, 0.29) is 6.04 Å². The van der Waals surface area contributed by atoms with E-state index in [1.54, 1.807) is 0 Å². The molecule has 1 saturated heterocycles. The lowest BCUT2D eigenvalue weighted by molar-refractivity contribution is -0.133. The van der Waals surface area contributed by atoms with E-state index in [1.807, 2.05) is 6.92 Å². The first-order valence-corrected chi connectivity index (χ1v) is 7.27. The SMILES string of the molecule is CCC(CC)N1C(=O)C(C)NC1C1CCCC1. The molecule has 1 N–H and O–H groups in total. The van der Waals surface area contributed by atoms with E-state index in [0.29, 0.717) is 24.0 Å². The van der Waals surface area contributed by atoms with Gasteiger partial charge < -0.3 is 4.90 Å². The normalized spacial score (nSPS) is 30.8. The summed E-state index contributed by atoms with van der Waals surface area (Å²) < 4.78 is 0. The summed E-state index contributed by atoms with van der Waals surface area (Å²) in [4.78, 5) is 14.5. The van der Waals surface area contributed by atoms with Crippen molar-refractivity contribution in [2.24, 2.45) is 5.92 Å². The minimum atomic E-state index is 0.0150. The second kappa shape index (κ2) is 5.38. The number of rotatable bonds is 4. The summed E-state index contributed by atoms with van der Waals surface area (Å²) in [7, 11) is 0. The predicted octanol–water partition coefficient (Wildman–Crippen LogP) is 2.51. The quantitative estimate of drug-likeness (QED) is 0.816. The molecule has 1 aliphatic carbocycles. The third-order valence-corrected chi connectivity index (χ3v) is 4.53. The van der Waals surface area contributed by atoms with Crippen LogP contribution < -0.4 is 5.32 Å². The third kappa shape index (κ3) is 2.35. The van der Waals surface area contributed by atoms with Crippen molar-refractivity contribution in [1.82, 2.24) is 10.2 Å². The predicted molar refractivity (Wildman–Crippen MR) is 69.6 cm³/mol. The Labute approximate surface area is 105 Å². The Morgan fingerprint density at radius 1 is 1.29 bits per heavy atom. The fraction of sp³-hybridized carbons (Fsp3) is 0.929. The van der Waals surface area contributed by atoms with Crippen LogP contribution in [0.4, 0.5) is 0 Å². The Bertz CT molecular complexity index is 269. The van der Waals surface area contributed by atoms with Gasteiger partial charge in [0.25, 0.3) is 0 Å². The maximum absolute atomic E-state index is 12.3. The molecule has 2 rings (SSSR count). The van der Waals surface area contributed by atoms with Crippen LogP contribution in [0.1, 0.15) is 59.3 Å². The Hall–Kier alpha value is -0.570. The highest BCUT2D eigenvalue weighted by Gasteiger charge is 2.43. The number of hydrogen-bond acceptors (Lipinski definition) is 2. The second-order valence-corrected chi connectivity index (χ2v) is 5.59. The van der Waals surface area contributed by atoms with Crippen molar-refractivity contribution < 1.29 is 4.79 Å².